The highest BCUT2D eigenvalue weighted by Crippen LogP contribution is 2.14. The highest BCUT2D eigenvalue weighted by atomic mass is 35.5. The summed E-state index contributed by atoms with van der Waals surface area (Å²) in [6.07, 6.45) is 0.794. The number of hydrogen-bond acceptors (Lipinski definition) is 2. The van der Waals surface area contributed by atoms with Crippen LogP contribution in [-0.4, -0.2) is 18.5 Å². The number of ether oxygens (including phenoxy) is 1. The van der Waals surface area contributed by atoms with Crippen molar-refractivity contribution in [3.05, 3.63) is 0 Å². The van der Waals surface area contributed by atoms with Crippen molar-refractivity contribution in [2.45, 2.75) is 6.42 Å². The number of hydrogen-bond donors (Lipinski definition) is 0. The number of halogens is 1. The zero-order chi connectivity index (χ0) is 5.98. The third-order valence-electron chi connectivity index (χ3n) is 1.23. The molecule has 1 fully saturated rings. The van der Waals surface area contributed by atoms with Crippen LogP contribution in [0.5, 0.6) is 0 Å². The standard InChI is InChI=1S/C5H7ClO2/c6-3-4-1-2-8-5(4)7/h4H,1-3H2. The molecule has 0 N–H and O–H groups in total. The van der Waals surface area contributed by atoms with E-state index in [0.717, 1.165) is 6.42 Å². The largest absolute Gasteiger partial charge is 0.465 e. The fraction of sp³-hybridized carbons (Fsp3) is 0.800. The third kappa shape index (κ3) is 0.944. The van der Waals surface area contributed by atoms with Crippen molar-refractivity contribution in [2.24, 2.45) is 5.92 Å². The summed E-state index contributed by atoms with van der Waals surface area (Å²) in [5, 5.41) is 0. The summed E-state index contributed by atoms with van der Waals surface area (Å²) in [7, 11) is 0. The summed E-state index contributed by atoms with van der Waals surface area (Å²) < 4.78 is 4.63. The van der Waals surface area contributed by atoms with Crippen LogP contribution >= 0.6 is 11.6 Å². The van der Waals surface area contributed by atoms with Crippen molar-refractivity contribution in [3.63, 3.8) is 0 Å². The lowest BCUT2D eigenvalue weighted by atomic mass is 10.1. The monoisotopic (exact) mass is 134 g/mol. The quantitative estimate of drug-likeness (QED) is 0.392. The summed E-state index contributed by atoms with van der Waals surface area (Å²) in [6.45, 7) is 0.552. The second-order valence-corrected chi connectivity index (χ2v) is 2.12. The smallest absolute Gasteiger partial charge is 0.310 e. The number of rotatable bonds is 1. The minimum Gasteiger partial charge on any atom is -0.465 e. The van der Waals surface area contributed by atoms with Gasteiger partial charge in [-0.3, -0.25) is 4.79 Å². The van der Waals surface area contributed by atoms with Crippen molar-refractivity contribution >= 4 is 17.6 Å². The molecule has 0 aromatic carbocycles. The molecule has 1 heterocycles. The first-order valence-electron chi connectivity index (χ1n) is 2.57. The molecule has 0 saturated carbocycles. The van der Waals surface area contributed by atoms with Gasteiger partial charge < -0.3 is 4.74 Å². The van der Waals surface area contributed by atoms with Crippen molar-refractivity contribution in [3.8, 4) is 0 Å². The second-order valence-electron chi connectivity index (χ2n) is 1.81. The number of carbonyl (C=O) groups excluding carboxylic acids is 1. The Hall–Kier alpha value is -0.240. The van der Waals surface area contributed by atoms with Gasteiger partial charge in [-0.05, 0) is 6.42 Å². The van der Waals surface area contributed by atoms with E-state index in [1.807, 2.05) is 0 Å². The fourth-order valence-electron chi connectivity index (χ4n) is 0.678. The number of esters is 1. The summed E-state index contributed by atoms with van der Waals surface area (Å²) in [6, 6.07) is 0. The molecule has 0 spiro atoms. The molecular weight excluding hydrogens is 128 g/mol. The van der Waals surface area contributed by atoms with Crippen LogP contribution in [0.1, 0.15) is 6.42 Å². The first-order valence-corrected chi connectivity index (χ1v) is 3.10. The molecule has 0 radical (unpaired) electrons. The van der Waals surface area contributed by atoms with Crippen LogP contribution in [0.15, 0.2) is 0 Å². The van der Waals surface area contributed by atoms with E-state index in [1.54, 1.807) is 0 Å². The van der Waals surface area contributed by atoms with Gasteiger partial charge in [-0.15, -0.1) is 11.6 Å². The first kappa shape index (κ1) is 5.89. The van der Waals surface area contributed by atoms with E-state index in [0.29, 0.717) is 12.5 Å². The van der Waals surface area contributed by atoms with Crippen molar-refractivity contribution in [1.29, 1.82) is 0 Å². The lowest BCUT2D eigenvalue weighted by Crippen LogP contribution is -2.07. The Morgan fingerprint density at radius 1 is 1.88 bits per heavy atom. The second kappa shape index (κ2) is 2.35. The minimum absolute atomic E-state index is 0.0309. The van der Waals surface area contributed by atoms with Crippen LogP contribution in [-0.2, 0) is 9.53 Å². The average Bonchev–Trinajstić information content (AvgIpc) is 2.14. The predicted molar refractivity (Wildman–Crippen MR) is 29.8 cm³/mol. The van der Waals surface area contributed by atoms with E-state index in [-0.39, 0.29) is 11.9 Å². The van der Waals surface area contributed by atoms with E-state index in [2.05, 4.69) is 4.74 Å². The minimum atomic E-state index is -0.139. The summed E-state index contributed by atoms with van der Waals surface area (Å²) in [5.74, 6) is 0.232. The molecule has 8 heavy (non-hydrogen) atoms. The van der Waals surface area contributed by atoms with Gasteiger partial charge in [0.05, 0.1) is 12.5 Å². The molecule has 46 valence electrons. The molecule has 1 atom stereocenters. The predicted octanol–water partition coefficient (Wildman–Crippen LogP) is 0.788. The van der Waals surface area contributed by atoms with Gasteiger partial charge in [-0.1, -0.05) is 0 Å². The molecule has 0 amide bonds. The average molecular weight is 135 g/mol. The molecule has 0 bridgehead atoms. The van der Waals surface area contributed by atoms with E-state index >= 15 is 0 Å². The Balaban J connectivity index is 2.42. The SMILES string of the molecule is O=C1OCCC1CCl. The van der Waals surface area contributed by atoms with Crippen LogP contribution in [0.2, 0.25) is 0 Å². The van der Waals surface area contributed by atoms with Gasteiger partial charge >= 0.3 is 5.97 Å². The van der Waals surface area contributed by atoms with Crippen LogP contribution < -0.4 is 0 Å². The number of carbonyl (C=O) groups is 1. The van der Waals surface area contributed by atoms with E-state index in [1.165, 1.54) is 0 Å². The van der Waals surface area contributed by atoms with Gasteiger partial charge in [-0.2, -0.15) is 0 Å². The molecule has 0 aromatic rings. The van der Waals surface area contributed by atoms with Crippen molar-refractivity contribution < 1.29 is 9.53 Å². The first-order chi connectivity index (χ1) is 3.84. The van der Waals surface area contributed by atoms with Crippen LogP contribution in [0.25, 0.3) is 0 Å². The van der Waals surface area contributed by atoms with E-state index in [4.69, 9.17) is 11.6 Å². The van der Waals surface area contributed by atoms with Gasteiger partial charge in [-0.25, -0.2) is 0 Å². The summed E-state index contributed by atoms with van der Waals surface area (Å²) >= 11 is 5.40. The Bertz CT molecular complexity index is 103. The molecule has 3 heteroatoms. The summed E-state index contributed by atoms with van der Waals surface area (Å²) in [5.41, 5.74) is 0. The van der Waals surface area contributed by atoms with Crippen molar-refractivity contribution in [2.75, 3.05) is 12.5 Å². The lowest BCUT2D eigenvalue weighted by molar-refractivity contribution is -0.140. The Kier molecular flexibility index (Phi) is 1.73. The van der Waals surface area contributed by atoms with Gasteiger partial charge in [0.25, 0.3) is 0 Å². The van der Waals surface area contributed by atoms with Crippen LogP contribution in [0, 0.1) is 5.92 Å². The van der Waals surface area contributed by atoms with E-state index in [9.17, 15) is 4.79 Å². The molecule has 1 aliphatic heterocycles. The van der Waals surface area contributed by atoms with Gasteiger partial charge in [0.2, 0.25) is 0 Å². The highest BCUT2D eigenvalue weighted by Gasteiger charge is 2.24. The summed E-state index contributed by atoms with van der Waals surface area (Å²) in [4.78, 5) is 10.5. The molecule has 1 unspecified atom stereocenters. The topological polar surface area (TPSA) is 26.3 Å². The highest BCUT2D eigenvalue weighted by molar-refractivity contribution is 6.19. The van der Waals surface area contributed by atoms with Crippen LogP contribution in [0.3, 0.4) is 0 Å². The third-order valence-corrected chi connectivity index (χ3v) is 1.60. The molecule has 2 nitrogen and oxygen atoms in total. The molecule has 0 aliphatic carbocycles. The Morgan fingerprint density at radius 3 is 2.88 bits per heavy atom. The fourth-order valence-corrected chi connectivity index (χ4v) is 0.958. The maximum atomic E-state index is 10.5. The van der Waals surface area contributed by atoms with Crippen molar-refractivity contribution in [1.82, 2.24) is 0 Å². The number of alkyl halides is 1. The van der Waals surface area contributed by atoms with Gasteiger partial charge in [0.15, 0.2) is 0 Å². The van der Waals surface area contributed by atoms with Crippen LogP contribution in [0.4, 0.5) is 0 Å². The molecular formula is C5H7ClO2. The maximum absolute atomic E-state index is 10.5. The number of cyclic esters (lactones) is 1. The maximum Gasteiger partial charge on any atom is 0.310 e. The zero-order valence-electron chi connectivity index (χ0n) is 4.39. The molecule has 1 rings (SSSR count). The normalized spacial score (nSPS) is 28.1. The zero-order valence-corrected chi connectivity index (χ0v) is 5.15. The Labute approximate surface area is 52.8 Å². The lowest BCUT2D eigenvalue weighted by Gasteiger charge is -1.94. The molecule has 0 aromatic heterocycles. The van der Waals surface area contributed by atoms with Gasteiger partial charge in [0, 0.05) is 5.88 Å². The molecule has 1 aliphatic rings. The Morgan fingerprint density at radius 2 is 2.62 bits per heavy atom. The molecule has 1 saturated heterocycles. The van der Waals surface area contributed by atoms with E-state index < -0.39 is 0 Å². The van der Waals surface area contributed by atoms with Gasteiger partial charge in [0.1, 0.15) is 0 Å².